The molecule has 0 spiro atoms. The maximum Gasteiger partial charge on any atom is 0.169 e. The van der Waals surface area contributed by atoms with Gasteiger partial charge >= 0.3 is 0 Å². The van der Waals surface area contributed by atoms with Crippen molar-refractivity contribution in [2.75, 3.05) is 0 Å². The summed E-state index contributed by atoms with van der Waals surface area (Å²) in [6.07, 6.45) is 0. The Morgan fingerprint density at radius 1 is 1.14 bits per heavy atom. The zero-order valence-corrected chi connectivity index (χ0v) is 13.9. The van der Waals surface area contributed by atoms with Gasteiger partial charge in [0.15, 0.2) is 11.4 Å². The van der Waals surface area contributed by atoms with Crippen LogP contribution in [0.4, 0.5) is 4.39 Å². The Morgan fingerprint density at radius 3 is 2.62 bits per heavy atom. The molecule has 0 aliphatic carbocycles. The highest BCUT2D eigenvalue weighted by Gasteiger charge is 2.20. The zero-order valence-electron chi connectivity index (χ0n) is 10.7. The van der Waals surface area contributed by atoms with Crippen molar-refractivity contribution in [3.8, 4) is 0 Å². The molecule has 1 atom stereocenters. The molecule has 0 amide bonds. The van der Waals surface area contributed by atoms with Crippen LogP contribution in [0.25, 0.3) is 11.0 Å². The minimum atomic E-state index is -0.385. The number of benzene rings is 2. The number of halogens is 3. The maximum absolute atomic E-state index is 13.7. The van der Waals surface area contributed by atoms with E-state index in [1.807, 2.05) is 18.2 Å². The molecule has 3 nitrogen and oxygen atoms in total. The minimum absolute atomic E-state index is 0.237. The third-order valence-electron chi connectivity index (χ3n) is 3.24. The van der Waals surface area contributed by atoms with Gasteiger partial charge in [-0.15, -0.1) is 0 Å². The van der Waals surface area contributed by atoms with Gasteiger partial charge in [-0.05, 0) is 29.8 Å². The molecular weight excluding hydrogens is 403 g/mol. The van der Waals surface area contributed by atoms with Gasteiger partial charge in [-0.1, -0.05) is 50.1 Å². The van der Waals surface area contributed by atoms with Gasteiger partial charge in [-0.2, -0.15) is 0 Å². The van der Waals surface area contributed by atoms with Crippen molar-refractivity contribution < 1.29 is 8.81 Å². The first-order valence-corrected chi connectivity index (χ1v) is 7.78. The molecule has 0 saturated carbocycles. The van der Waals surface area contributed by atoms with Gasteiger partial charge < -0.3 is 4.42 Å². The number of hydrazine groups is 1. The summed E-state index contributed by atoms with van der Waals surface area (Å²) in [5.74, 6) is 5.84. The van der Waals surface area contributed by atoms with E-state index in [9.17, 15) is 4.39 Å². The number of fused-ring (bicyclic) bond motifs is 1. The highest BCUT2D eigenvalue weighted by molar-refractivity contribution is 9.11. The molecule has 0 saturated heterocycles. The van der Waals surface area contributed by atoms with Crippen LogP contribution in [0.15, 0.2) is 55.8 Å². The first-order chi connectivity index (χ1) is 10.1. The molecule has 6 heteroatoms. The summed E-state index contributed by atoms with van der Waals surface area (Å²) in [5.41, 5.74) is 3.85. The third-order valence-corrected chi connectivity index (χ3v) is 4.42. The molecule has 108 valence electrons. The molecule has 3 rings (SSSR count). The molecule has 3 N–H and O–H groups in total. The van der Waals surface area contributed by atoms with Gasteiger partial charge in [0.1, 0.15) is 11.8 Å². The lowest BCUT2D eigenvalue weighted by atomic mass is 10.1. The van der Waals surface area contributed by atoms with Gasteiger partial charge in [-0.25, -0.2) is 9.82 Å². The van der Waals surface area contributed by atoms with Crippen molar-refractivity contribution in [3.63, 3.8) is 0 Å². The molecule has 3 aromatic rings. The Labute approximate surface area is 137 Å². The molecule has 1 heterocycles. The van der Waals surface area contributed by atoms with Crippen molar-refractivity contribution in [1.82, 2.24) is 5.43 Å². The van der Waals surface area contributed by atoms with E-state index in [0.29, 0.717) is 11.1 Å². The van der Waals surface area contributed by atoms with Gasteiger partial charge in [0.25, 0.3) is 0 Å². The van der Waals surface area contributed by atoms with Gasteiger partial charge in [0.2, 0.25) is 0 Å². The quantitative estimate of drug-likeness (QED) is 0.485. The molecule has 21 heavy (non-hydrogen) atoms. The molecule has 1 aromatic heterocycles. The second-order valence-corrected chi connectivity index (χ2v) is 6.34. The number of hydrogen-bond donors (Lipinski definition) is 2. The first kappa shape index (κ1) is 14.7. The summed E-state index contributed by atoms with van der Waals surface area (Å²) in [6.45, 7) is 0. The largest absolute Gasteiger partial charge is 0.456 e. The molecule has 0 radical (unpaired) electrons. The number of hydrogen-bond acceptors (Lipinski definition) is 3. The predicted molar refractivity (Wildman–Crippen MR) is 87.2 cm³/mol. The number of rotatable bonds is 3. The molecule has 0 aliphatic heterocycles. The number of para-hydroxylation sites is 1. The average molecular weight is 414 g/mol. The summed E-state index contributed by atoms with van der Waals surface area (Å²) in [4.78, 5) is 0. The fourth-order valence-corrected chi connectivity index (χ4v) is 3.53. The molecule has 0 aliphatic rings. The van der Waals surface area contributed by atoms with Gasteiger partial charge in [0.05, 0.1) is 0 Å². The van der Waals surface area contributed by atoms with Crippen LogP contribution >= 0.6 is 31.9 Å². The lowest BCUT2D eigenvalue weighted by Gasteiger charge is -2.15. The van der Waals surface area contributed by atoms with E-state index in [4.69, 9.17) is 10.3 Å². The normalized spacial score (nSPS) is 12.8. The third kappa shape index (κ3) is 2.76. The summed E-state index contributed by atoms with van der Waals surface area (Å²) in [6, 6.07) is 12.0. The molecule has 2 aromatic carbocycles. The summed E-state index contributed by atoms with van der Waals surface area (Å²) >= 11 is 6.91. The van der Waals surface area contributed by atoms with E-state index >= 15 is 0 Å². The van der Waals surface area contributed by atoms with E-state index in [0.717, 1.165) is 14.5 Å². The SMILES string of the molecule is NNC(c1cc2cccc(F)c2o1)c1ccc(Br)cc1Br. The smallest absolute Gasteiger partial charge is 0.169 e. The second-order valence-electron chi connectivity index (χ2n) is 4.57. The fraction of sp³-hybridized carbons (Fsp3) is 0.0667. The van der Waals surface area contributed by atoms with E-state index in [1.54, 1.807) is 18.2 Å². The lowest BCUT2D eigenvalue weighted by molar-refractivity contribution is 0.464. The Kier molecular flexibility index (Phi) is 4.12. The summed E-state index contributed by atoms with van der Waals surface area (Å²) < 4.78 is 21.2. The van der Waals surface area contributed by atoms with Crippen LogP contribution in [0.2, 0.25) is 0 Å². The maximum atomic E-state index is 13.7. The van der Waals surface area contributed by atoms with Crippen LogP contribution in [0, 0.1) is 5.82 Å². The predicted octanol–water partition coefficient (Wildman–Crippen LogP) is 4.65. The highest BCUT2D eigenvalue weighted by atomic mass is 79.9. The van der Waals surface area contributed by atoms with E-state index in [-0.39, 0.29) is 17.4 Å². The average Bonchev–Trinajstić information content (AvgIpc) is 2.87. The highest BCUT2D eigenvalue weighted by Crippen LogP contribution is 2.33. The number of furan rings is 1. The Hall–Kier alpha value is -1.21. The van der Waals surface area contributed by atoms with Gasteiger partial charge in [-0.3, -0.25) is 5.84 Å². The monoisotopic (exact) mass is 412 g/mol. The minimum Gasteiger partial charge on any atom is -0.456 e. The van der Waals surface area contributed by atoms with Crippen LogP contribution < -0.4 is 11.3 Å². The summed E-state index contributed by atoms with van der Waals surface area (Å²) in [7, 11) is 0. The molecule has 0 fully saturated rings. The standard InChI is InChI=1S/C15H11Br2FN2O/c16-9-4-5-10(11(17)7-9)14(20-19)13-6-8-2-1-3-12(18)15(8)21-13/h1-7,14,20H,19H2. The van der Waals surface area contributed by atoms with Crippen molar-refractivity contribution in [2.24, 2.45) is 5.84 Å². The van der Waals surface area contributed by atoms with Crippen molar-refractivity contribution in [1.29, 1.82) is 0 Å². The van der Waals surface area contributed by atoms with Crippen molar-refractivity contribution in [2.45, 2.75) is 6.04 Å². The first-order valence-electron chi connectivity index (χ1n) is 6.19. The number of nitrogens with one attached hydrogen (secondary N) is 1. The Bertz CT molecular complexity index is 803. The fourth-order valence-electron chi connectivity index (χ4n) is 2.25. The topological polar surface area (TPSA) is 51.2 Å². The van der Waals surface area contributed by atoms with Crippen LogP contribution in [0.5, 0.6) is 0 Å². The molecule has 0 bridgehead atoms. The van der Waals surface area contributed by atoms with E-state index in [1.165, 1.54) is 6.07 Å². The number of nitrogens with two attached hydrogens (primary N) is 1. The summed E-state index contributed by atoms with van der Waals surface area (Å²) in [5, 5.41) is 0.707. The second kappa shape index (κ2) is 5.88. The van der Waals surface area contributed by atoms with Crippen LogP contribution in [0.3, 0.4) is 0 Å². The molecular formula is C15H11Br2FN2O. The zero-order chi connectivity index (χ0) is 15.0. The van der Waals surface area contributed by atoms with Crippen LogP contribution in [0.1, 0.15) is 17.4 Å². The van der Waals surface area contributed by atoms with Crippen LogP contribution in [-0.2, 0) is 0 Å². The van der Waals surface area contributed by atoms with Crippen molar-refractivity contribution >= 4 is 42.8 Å². The Morgan fingerprint density at radius 2 is 1.95 bits per heavy atom. The van der Waals surface area contributed by atoms with Gasteiger partial charge in [0, 0.05) is 14.3 Å². The van der Waals surface area contributed by atoms with E-state index < -0.39 is 0 Å². The molecule has 1 unspecified atom stereocenters. The lowest BCUT2D eigenvalue weighted by Crippen LogP contribution is -2.28. The van der Waals surface area contributed by atoms with E-state index in [2.05, 4.69) is 37.3 Å². The Balaban J connectivity index is 2.11. The van der Waals surface area contributed by atoms with Crippen molar-refractivity contribution in [3.05, 3.63) is 68.6 Å². The van der Waals surface area contributed by atoms with Crippen LogP contribution in [-0.4, -0.2) is 0 Å².